The van der Waals surface area contributed by atoms with Gasteiger partial charge >= 0.3 is 0 Å². The molecule has 29 heavy (non-hydrogen) atoms. The predicted octanol–water partition coefficient (Wildman–Crippen LogP) is 5.96. The van der Waals surface area contributed by atoms with E-state index in [4.69, 9.17) is 4.43 Å². The first-order chi connectivity index (χ1) is 14.0. The molecule has 0 aliphatic heterocycles. The zero-order valence-corrected chi connectivity index (χ0v) is 20.2. The maximum Gasteiger partial charge on any atom is 0.252 e. The van der Waals surface area contributed by atoms with E-state index in [1.54, 1.807) is 0 Å². The van der Waals surface area contributed by atoms with Gasteiger partial charge in [-0.2, -0.15) is 0 Å². The van der Waals surface area contributed by atoms with Gasteiger partial charge in [0.2, 0.25) is 0 Å². The van der Waals surface area contributed by atoms with Gasteiger partial charge in [0.1, 0.15) is 0 Å². The highest BCUT2D eigenvalue weighted by Crippen LogP contribution is 2.29. The zero-order valence-electron chi connectivity index (χ0n) is 18.2. The van der Waals surface area contributed by atoms with E-state index in [1.807, 2.05) is 7.11 Å². The predicted molar refractivity (Wildman–Crippen MR) is 135 cm³/mol. The van der Waals surface area contributed by atoms with E-state index in [0.717, 1.165) is 24.6 Å². The standard InChI is InChI=1S/C26H36OSi2/c1-6-20-29(21-7-2,22-8-3)23-12-13-24-16-18-26(19-17-24)28(5,27-4)25-14-10-9-11-15-25/h6-11,14-19H,1-3,12-13,20-23H2,4-5H3. The number of aryl methyl sites for hydroxylation is 1. The molecule has 154 valence electrons. The lowest BCUT2D eigenvalue weighted by atomic mass is 10.1. The van der Waals surface area contributed by atoms with Crippen molar-refractivity contribution in [2.45, 2.75) is 43.6 Å². The van der Waals surface area contributed by atoms with Crippen molar-refractivity contribution in [1.82, 2.24) is 0 Å². The first-order valence-corrected chi connectivity index (χ1v) is 15.8. The summed E-state index contributed by atoms with van der Waals surface area (Å²) in [5.41, 5.74) is 1.41. The second kappa shape index (κ2) is 11.3. The van der Waals surface area contributed by atoms with Gasteiger partial charge in [-0.25, -0.2) is 0 Å². The van der Waals surface area contributed by atoms with Gasteiger partial charge in [-0.05, 0) is 47.0 Å². The summed E-state index contributed by atoms with van der Waals surface area (Å²) < 4.78 is 6.07. The lowest BCUT2D eigenvalue weighted by Gasteiger charge is -2.29. The monoisotopic (exact) mass is 420 g/mol. The summed E-state index contributed by atoms with van der Waals surface area (Å²) in [5, 5.41) is 2.63. The Morgan fingerprint density at radius 2 is 1.31 bits per heavy atom. The number of rotatable bonds is 13. The van der Waals surface area contributed by atoms with Crippen LogP contribution in [0.1, 0.15) is 12.0 Å². The Bertz CT molecular complexity index is 756. The SMILES string of the molecule is C=CC[Si](CC=C)(CC=C)CCCc1ccc([Si](C)(OC)c2ccccc2)cc1. The van der Waals surface area contributed by atoms with Crippen LogP contribution in [0.3, 0.4) is 0 Å². The van der Waals surface area contributed by atoms with Crippen LogP contribution in [-0.2, 0) is 10.8 Å². The number of hydrogen-bond acceptors (Lipinski definition) is 1. The van der Waals surface area contributed by atoms with Gasteiger partial charge in [0.15, 0.2) is 0 Å². The molecule has 0 N–H and O–H groups in total. The highest BCUT2D eigenvalue weighted by atomic mass is 28.4. The third kappa shape index (κ3) is 6.02. The molecule has 0 spiro atoms. The summed E-state index contributed by atoms with van der Waals surface area (Å²) >= 11 is 0. The molecule has 0 saturated carbocycles. The smallest absolute Gasteiger partial charge is 0.252 e. The minimum atomic E-state index is -2.12. The van der Waals surface area contributed by atoms with E-state index in [2.05, 4.69) is 99.1 Å². The molecule has 0 bridgehead atoms. The van der Waals surface area contributed by atoms with Crippen molar-refractivity contribution in [3.8, 4) is 0 Å². The van der Waals surface area contributed by atoms with Crippen LogP contribution in [0, 0.1) is 0 Å². The first kappa shape index (κ1) is 23.3. The van der Waals surface area contributed by atoms with Crippen molar-refractivity contribution in [1.29, 1.82) is 0 Å². The molecule has 2 rings (SSSR count). The van der Waals surface area contributed by atoms with Gasteiger partial charge < -0.3 is 4.43 Å². The lowest BCUT2D eigenvalue weighted by Crippen LogP contribution is -2.57. The van der Waals surface area contributed by atoms with E-state index in [1.165, 1.54) is 28.4 Å². The van der Waals surface area contributed by atoms with Crippen LogP contribution in [0.4, 0.5) is 0 Å². The minimum Gasteiger partial charge on any atom is -0.411 e. The zero-order chi connectivity index (χ0) is 21.2. The Labute approximate surface area is 180 Å². The molecule has 0 aliphatic carbocycles. The largest absolute Gasteiger partial charge is 0.411 e. The molecule has 0 saturated heterocycles. The summed E-state index contributed by atoms with van der Waals surface area (Å²) in [7, 11) is -1.68. The average Bonchev–Trinajstić information content (AvgIpc) is 2.75. The average molecular weight is 421 g/mol. The molecule has 1 atom stereocenters. The molecule has 0 radical (unpaired) electrons. The molecule has 1 nitrogen and oxygen atoms in total. The Kier molecular flexibility index (Phi) is 9.09. The molecule has 0 amide bonds. The number of benzene rings is 2. The Morgan fingerprint density at radius 1 is 0.793 bits per heavy atom. The second-order valence-electron chi connectivity index (χ2n) is 8.13. The quantitative estimate of drug-likeness (QED) is 0.287. The highest BCUT2D eigenvalue weighted by molar-refractivity contribution is 6.96. The highest BCUT2D eigenvalue weighted by Gasteiger charge is 2.32. The van der Waals surface area contributed by atoms with Crippen LogP contribution in [0.25, 0.3) is 0 Å². The normalized spacial score (nSPS) is 13.4. The summed E-state index contributed by atoms with van der Waals surface area (Å²) in [4.78, 5) is 0. The summed E-state index contributed by atoms with van der Waals surface area (Å²) in [6.45, 7) is 14.3. The second-order valence-corrected chi connectivity index (χ2v) is 16.5. The Morgan fingerprint density at radius 3 is 1.79 bits per heavy atom. The van der Waals surface area contributed by atoms with E-state index in [9.17, 15) is 0 Å². The Balaban J connectivity index is 2.07. The third-order valence-corrected chi connectivity index (χ3v) is 14.7. The van der Waals surface area contributed by atoms with Crippen LogP contribution in [0.15, 0.2) is 92.6 Å². The molecule has 2 aromatic carbocycles. The first-order valence-electron chi connectivity index (χ1n) is 10.6. The minimum absolute atomic E-state index is 1.12. The van der Waals surface area contributed by atoms with Gasteiger partial charge in [-0.15, -0.1) is 19.7 Å². The van der Waals surface area contributed by atoms with E-state index < -0.39 is 16.4 Å². The van der Waals surface area contributed by atoms with Crippen LogP contribution in [0.2, 0.25) is 30.7 Å². The molecule has 0 aliphatic rings. The van der Waals surface area contributed by atoms with Crippen LogP contribution < -0.4 is 10.4 Å². The molecular weight excluding hydrogens is 384 g/mol. The summed E-state index contributed by atoms with van der Waals surface area (Å²) in [6, 6.07) is 24.5. The van der Waals surface area contributed by atoms with Crippen molar-refractivity contribution in [3.63, 3.8) is 0 Å². The summed E-state index contributed by atoms with van der Waals surface area (Å²) in [6.07, 6.45) is 8.66. The number of hydrogen-bond donors (Lipinski definition) is 0. The lowest BCUT2D eigenvalue weighted by molar-refractivity contribution is 0.421. The van der Waals surface area contributed by atoms with Gasteiger partial charge in [0, 0.05) is 7.11 Å². The molecular formula is C26H36OSi2. The molecule has 0 aromatic heterocycles. The van der Waals surface area contributed by atoms with Gasteiger partial charge in [0.05, 0.1) is 8.07 Å². The molecule has 0 fully saturated rings. The van der Waals surface area contributed by atoms with Crippen molar-refractivity contribution >= 4 is 26.8 Å². The van der Waals surface area contributed by atoms with Crippen LogP contribution in [-0.4, -0.2) is 23.5 Å². The maximum atomic E-state index is 6.07. The van der Waals surface area contributed by atoms with Crippen LogP contribution >= 0.6 is 0 Å². The topological polar surface area (TPSA) is 9.23 Å². The molecule has 0 heterocycles. The molecule has 2 aromatic rings. The van der Waals surface area contributed by atoms with Crippen molar-refractivity contribution in [2.24, 2.45) is 0 Å². The fourth-order valence-electron chi connectivity index (χ4n) is 4.29. The van der Waals surface area contributed by atoms with E-state index >= 15 is 0 Å². The molecule has 1 unspecified atom stereocenters. The van der Waals surface area contributed by atoms with Gasteiger partial charge in [0.25, 0.3) is 8.32 Å². The summed E-state index contributed by atoms with van der Waals surface area (Å²) in [5.74, 6) is 0. The van der Waals surface area contributed by atoms with E-state index in [-0.39, 0.29) is 0 Å². The molecule has 3 heteroatoms. The number of allylic oxidation sites excluding steroid dienone is 3. The van der Waals surface area contributed by atoms with Gasteiger partial charge in [-0.1, -0.05) is 85.3 Å². The maximum absolute atomic E-state index is 6.07. The van der Waals surface area contributed by atoms with Gasteiger partial charge in [-0.3, -0.25) is 0 Å². The fourth-order valence-corrected chi connectivity index (χ4v) is 10.6. The van der Waals surface area contributed by atoms with Crippen molar-refractivity contribution in [3.05, 3.63) is 98.1 Å². The Hall–Kier alpha value is -1.95. The van der Waals surface area contributed by atoms with Crippen molar-refractivity contribution in [2.75, 3.05) is 7.11 Å². The fraction of sp³-hybridized carbons (Fsp3) is 0.308. The third-order valence-electron chi connectivity index (χ3n) is 6.14. The van der Waals surface area contributed by atoms with Crippen LogP contribution in [0.5, 0.6) is 0 Å². The van der Waals surface area contributed by atoms with Crippen molar-refractivity contribution < 1.29 is 4.43 Å². The van der Waals surface area contributed by atoms with E-state index in [0.29, 0.717) is 0 Å².